The van der Waals surface area contributed by atoms with E-state index in [0.29, 0.717) is 33.8 Å². The van der Waals surface area contributed by atoms with Gasteiger partial charge in [0.1, 0.15) is 11.8 Å². The lowest BCUT2D eigenvalue weighted by Gasteiger charge is -2.30. The van der Waals surface area contributed by atoms with E-state index in [1.807, 2.05) is 6.92 Å². The molecular formula is C23H27Cl3N2O3. The van der Waals surface area contributed by atoms with Gasteiger partial charge in [-0.3, -0.25) is 9.59 Å². The second kappa shape index (κ2) is 12.8. The van der Waals surface area contributed by atoms with E-state index < -0.39 is 6.04 Å². The van der Waals surface area contributed by atoms with Gasteiger partial charge in [0.05, 0.1) is 15.1 Å². The Morgan fingerprint density at radius 2 is 1.77 bits per heavy atom. The standard InChI is InChI=1S/C23H27Cl3N2O3/c1-3-5-12-27-23(30)20(4-2)28(14-16-10-11-17(24)19(26)13-16)22(29)15-31-21-9-7-6-8-18(21)25/h6-11,13,20H,3-5,12,14-15H2,1-2H3,(H,27,30)/t20-/m1/s1. The number of nitrogens with zero attached hydrogens (tertiary/aromatic N) is 1. The summed E-state index contributed by atoms with van der Waals surface area (Å²) in [7, 11) is 0. The molecule has 0 heterocycles. The van der Waals surface area contributed by atoms with Crippen LogP contribution in [0, 0.1) is 0 Å². The lowest BCUT2D eigenvalue weighted by Crippen LogP contribution is -2.50. The quantitative estimate of drug-likeness (QED) is 0.412. The molecule has 5 nitrogen and oxygen atoms in total. The van der Waals surface area contributed by atoms with E-state index in [4.69, 9.17) is 39.5 Å². The Hall–Kier alpha value is -1.95. The molecule has 2 rings (SSSR count). The highest BCUT2D eigenvalue weighted by molar-refractivity contribution is 6.42. The van der Waals surface area contributed by atoms with Gasteiger partial charge in [-0.25, -0.2) is 0 Å². The molecule has 0 saturated carbocycles. The first-order chi connectivity index (χ1) is 14.9. The number of hydrogen-bond donors (Lipinski definition) is 1. The molecule has 1 N–H and O–H groups in total. The molecule has 8 heteroatoms. The molecule has 0 spiro atoms. The summed E-state index contributed by atoms with van der Waals surface area (Å²) in [4.78, 5) is 27.5. The number of halogens is 3. The van der Waals surface area contributed by atoms with Gasteiger partial charge in [-0.15, -0.1) is 0 Å². The zero-order valence-electron chi connectivity index (χ0n) is 17.7. The molecule has 0 saturated heterocycles. The number of rotatable bonds is 11. The Morgan fingerprint density at radius 3 is 2.42 bits per heavy atom. The maximum atomic E-state index is 13.1. The molecule has 0 bridgehead atoms. The van der Waals surface area contributed by atoms with E-state index in [2.05, 4.69) is 12.2 Å². The Kier molecular flexibility index (Phi) is 10.4. The smallest absolute Gasteiger partial charge is 0.261 e. The van der Waals surface area contributed by atoms with Crippen molar-refractivity contribution in [2.24, 2.45) is 0 Å². The molecule has 0 unspecified atom stereocenters. The van der Waals surface area contributed by atoms with Crippen LogP contribution in [0.25, 0.3) is 0 Å². The molecule has 2 aromatic rings. The van der Waals surface area contributed by atoms with Gasteiger partial charge < -0.3 is 15.0 Å². The van der Waals surface area contributed by atoms with Crippen LogP contribution in [0.15, 0.2) is 42.5 Å². The normalized spacial score (nSPS) is 11.6. The Morgan fingerprint density at radius 1 is 1.03 bits per heavy atom. The van der Waals surface area contributed by atoms with Crippen LogP contribution >= 0.6 is 34.8 Å². The lowest BCUT2D eigenvalue weighted by molar-refractivity contribution is -0.143. The number of hydrogen-bond acceptors (Lipinski definition) is 3. The van der Waals surface area contributed by atoms with Gasteiger partial charge in [0.15, 0.2) is 6.61 Å². The second-order valence-corrected chi connectivity index (χ2v) is 8.28. The molecule has 0 aliphatic heterocycles. The van der Waals surface area contributed by atoms with Crippen LogP contribution in [0.1, 0.15) is 38.7 Å². The third-order valence-corrected chi connectivity index (χ3v) is 5.79. The van der Waals surface area contributed by atoms with Crippen molar-refractivity contribution in [2.45, 2.75) is 45.7 Å². The van der Waals surface area contributed by atoms with Gasteiger partial charge >= 0.3 is 0 Å². The average molecular weight is 486 g/mol. The van der Waals surface area contributed by atoms with E-state index in [1.165, 1.54) is 4.90 Å². The highest BCUT2D eigenvalue weighted by Gasteiger charge is 2.29. The zero-order chi connectivity index (χ0) is 22.8. The third-order valence-electron chi connectivity index (χ3n) is 4.74. The van der Waals surface area contributed by atoms with Gasteiger partial charge in [0.2, 0.25) is 5.91 Å². The van der Waals surface area contributed by atoms with Crippen molar-refractivity contribution in [2.75, 3.05) is 13.2 Å². The summed E-state index contributed by atoms with van der Waals surface area (Å²) in [5.41, 5.74) is 0.764. The number of para-hydroxylation sites is 1. The molecule has 0 fully saturated rings. The fourth-order valence-corrected chi connectivity index (χ4v) is 3.56. The number of carbonyl (C=O) groups is 2. The maximum Gasteiger partial charge on any atom is 0.261 e. The molecule has 168 valence electrons. The SMILES string of the molecule is CCCCNC(=O)[C@@H](CC)N(Cc1ccc(Cl)c(Cl)c1)C(=O)COc1ccccc1Cl. The summed E-state index contributed by atoms with van der Waals surface area (Å²) in [5.74, 6) is -0.113. The minimum atomic E-state index is -0.645. The Bertz CT molecular complexity index is 892. The average Bonchev–Trinajstić information content (AvgIpc) is 2.75. The van der Waals surface area contributed by atoms with Crippen molar-refractivity contribution in [1.29, 1.82) is 0 Å². The van der Waals surface area contributed by atoms with Gasteiger partial charge in [-0.1, -0.05) is 73.3 Å². The molecule has 2 aromatic carbocycles. The number of carbonyl (C=O) groups excluding carboxylic acids is 2. The highest BCUT2D eigenvalue weighted by Crippen LogP contribution is 2.25. The van der Waals surface area contributed by atoms with Crippen LogP contribution in [0.2, 0.25) is 15.1 Å². The van der Waals surface area contributed by atoms with Crippen molar-refractivity contribution >= 4 is 46.6 Å². The molecule has 0 aromatic heterocycles. The second-order valence-electron chi connectivity index (χ2n) is 7.06. The van der Waals surface area contributed by atoms with Crippen LogP contribution in [-0.4, -0.2) is 35.9 Å². The summed E-state index contributed by atoms with van der Waals surface area (Å²) in [6.45, 7) is 4.44. The zero-order valence-corrected chi connectivity index (χ0v) is 19.9. The summed E-state index contributed by atoms with van der Waals surface area (Å²) in [6.07, 6.45) is 2.30. The maximum absolute atomic E-state index is 13.1. The number of ether oxygens (including phenoxy) is 1. The van der Waals surface area contributed by atoms with E-state index in [9.17, 15) is 9.59 Å². The molecular weight excluding hydrogens is 459 g/mol. The third kappa shape index (κ3) is 7.60. The predicted octanol–water partition coefficient (Wildman–Crippen LogP) is 5.75. The highest BCUT2D eigenvalue weighted by atomic mass is 35.5. The van der Waals surface area contributed by atoms with E-state index >= 15 is 0 Å². The van der Waals surface area contributed by atoms with Crippen molar-refractivity contribution in [3.05, 3.63) is 63.1 Å². The predicted molar refractivity (Wildman–Crippen MR) is 126 cm³/mol. The molecule has 2 amide bonds. The van der Waals surface area contributed by atoms with Crippen molar-refractivity contribution in [3.8, 4) is 5.75 Å². The van der Waals surface area contributed by atoms with E-state index in [1.54, 1.807) is 42.5 Å². The Labute approximate surface area is 198 Å². The van der Waals surface area contributed by atoms with Crippen molar-refractivity contribution < 1.29 is 14.3 Å². The first kappa shape index (κ1) is 25.3. The number of benzene rings is 2. The summed E-state index contributed by atoms with van der Waals surface area (Å²) in [6, 6.07) is 11.4. The topological polar surface area (TPSA) is 58.6 Å². The van der Waals surface area contributed by atoms with Gasteiger partial charge in [0, 0.05) is 13.1 Å². The number of unbranched alkanes of at least 4 members (excludes halogenated alkanes) is 1. The molecule has 31 heavy (non-hydrogen) atoms. The van der Waals surface area contributed by atoms with Gasteiger partial charge in [-0.2, -0.15) is 0 Å². The fraction of sp³-hybridized carbons (Fsp3) is 0.391. The van der Waals surface area contributed by atoms with Crippen molar-refractivity contribution in [1.82, 2.24) is 10.2 Å². The van der Waals surface area contributed by atoms with Crippen LogP contribution in [0.5, 0.6) is 5.75 Å². The summed E-state index contributed by atoms with van der Waals surface area (Å²) >= 11 is 18.3. The molecule has 0 radical (unpaired) electrons. The summed E-state index contributed by atoms with van der Waals surface area (Å²) in [5, 5.41) is 4.14. The van der Waals surface area contributed by atoms with Crippen LogP contribution in [-0.2, 0) is 16.1 Å². The van der Waals surface area contributed by atoms with Crippen LogP contribution in [0.4, 0.5) is 0 Å². The molecule has 0 aliphatic carbocycles. The number of nitrogens with one attached hydrogen (secondary N) is 1. The lowest BCUT2D eigenvalue weighted by atomic mass is 10.1. The van der Waals surface area contributed by atoms with Gasteiger partial charge in [0.25, 0.3) is 5.91 Å². The first-order valence-electron chi connectivity index (χ1n) is 10.3. The van der Waals surface area contributed by atoms with Crippen molar-refractivity contribution in [3.63, 3.8) is 0 Å². The fourth-order valence-electron chi connectivity index (χ4n) is 3.04. The van der Waals surface area contributed by atoms with Gasteiger partial charge in [-0.05, 0) is 42.7 Å². The van der Waals surface area contributed by atoms with E-state index in [0.717, 1.165) is 18.4 Å². The molecule has 1 atom stereocenters. The van der Waals surface area contributed by atoms with Crippen LogP contribution in [0.3, 0.4) is 0 Å². The first-order valence-corrected chi connectivity index (χ1v) is 11.4. The Balaban J connectivity index is 2.22. The van der Waals surface area contributed by atoms with Crippen LogP contribution < -0.4 is 10.1 Å². The minimum absolute atomic E-state index is 0.192. The minimum Gasteiger partial charge on any atom is -0.482 e. The number of amides is 2. The molecule has 0 aliphatic rings. The largest absolute Gasteiger partial charge is 0.482 e. The monoisotopic (exact) mass is 484 g/mol. The van der Waals surface area contributed by atoms with E-state index in [-0.39, 0.29) is 25.0 Å². The summed E-state index contributed by atoms with van der Waals surface area (Å²) < 4.78 is 5.63.